The highest BCUT2D eigenvalue weighted by atomic mass is 16.6. The number of ether oxygens (including phenoxy) is 2. The molecule has 0 spiro atoms. The molecule has 0 bridgehead atoms. The van der Waals surface area contributed by atoms with E-state index in [1.54, 1.807) is 12.1 Å². The van der Waals surface area contributed by atoms with Crippen LogP contribution < -0.4 is 10.6 Å². The molecule has 0 aromatic carbocycles. The Kier molecular flexibility index (Phi) is 3.38. The highest BCUT2D eigenvalue weighted by Gasteiger charge is 2.49. The summed E-state index contributed by atoms with van der Waals surface area (Å²) < 4.78 is 16.5. The van der Waals surface area contributed by atoms with Gasteiger partial charge in [0.1, 0.15) is 12.2 Å². The Morgan fingerprint density at radius 1 is 1.05 bits per heavy atom. The molecule has 3 fully saturated rings. The van der Waals surface area contributed by atoms with Crippen molar-refractivity contribution in [1.82, 2.24) is 10.6 Å². The molecule has 7 heteroatoms. The second kappa shape index (κ2) is 5.40. The van der Waals surface area contributed by atoms with Crippen LogP contribution in [0.2, 0.25) is 0 Å². The van der Waals surface area contributed by atoms with Crippen LogP contribution >= 0.6 is 0 Å². The lowest BCUT2D eigenvalue weighted by atomic mass is 10.1. The van der Waals surface area contributed by atoms with Crippen LogP contribution in [0.25, 0.3) is 0 Å². The molecule has 2 saturated heterocycles. The lowest BCUT2D eigenvalue weighted by Gasteiger charge is -2.18. The van der Waals surface area contributed by atoms with Gasteiger partial charge in [-0.15, -0.1) is 0 Å². The molecule has 2 amide bonds. The minimum atomic E-state index is -0.284. The molecule has 1 aromatic heterocycles. The Morgan fingerprint density at radius 3 is 2.32 bits per heavy atom. The van der Waals surface area contributed by atoms with Gasteiger partial charge in [0.15, 0.2) is 5.76 Å². The maximum absolute atomic E-state index is 12.0. The minimum Gasteiger partial charge on any atom is -0.459 e. The van der Waals surface area contributed by atoms with Gasteiger partial charge in [-0.25, -0.2) is 0 Å². The number of furan rings is 1. The van der Waals surface area contributed by atoms with Gasteiger partial charge in [-0.3, -0.25) is 9.59 Å². The zero-order valence-electron chi connectivity index (χ0n) is 12.0. The van der Waals surface area contributed by atoms with E-state index in [1.807, 2.05) is 0 Å². The van der Waals surface area contributed by atoms with Crippen LogP contribution in [0, 0.1) is 5.92 Å². The van der Waals surface area contributed by atoms with E-state index >= 15 is 0 Å². The van der Waals surface area contributed by atoms with Crippen molar-refractivity contribution in [3.05, 3.63) is 24.2 Å². The monoisotopic (exact) mass is 306 g/mol. The molecule has 118 valence electrons. The molecular formula is C15H18N2O5. The molecule has 4 rings (SSSR count). The predicted molar refractivity (Wildman–Crippen MR) is 74.1 cm³/mol. The molecule has 3 heterocycles. The summed E-state index contributed by atoms with van der Waals surface area (Å²) in [6.45, 7) is 0.790. The van der Waals surface area contributed by atoms with Gasteiger partial charge in [0.2, 0.25) is 5.91 Å². The smallest absolute Gasteiger partial charge is 0.287 e. The average Bonchev–Trinajstić information content (AvgIpc) is 2.93. The Morgan fingerprint density at radius 2 is 1.73 bits per heavy atom. The van der Waals surface area contributed by atoms with Crippen LogP contribution in [0.3, 0.4) is 0 Å². The summed E-state index contributed by atoms with van der Waals surface area (Å²) in [5, 5.41) is 5.86. The van der Waals surface area contributed by atoms with E-state index in [1.165, 1.54) is 6.26 Å². The standard InChI is InChI=1S/C15H18N2O5/c18-14(8-3-4-8)16-9-6-21-13-10(7-22-12(9)13)17-15(19)11-2-1-5-20-11/h1-2,5,8-10,12-13H,3-4,6-7H2,(H,16,18)(H,17,19). The van der Waals surface area contributed by atoms with Crippen molar-refractivity contribution >= 4 is 11.8 Å². The van der Waals surface area contributed by atoms with Crippen LogP contribution in [-0.2, 0) is 14.3 Å². The fourth-order valence-corrected chi connectivity index (χ4v) is 3.04. The maximum Gasteiger partial charge on any atom is 0.287 e. The van der Waals surface area contributed by atoms with Crippen LogP contribution in [-0.4, -0.2) is 49.3 Å². The highest BCUT2D eigenvalue weighted by molar-refractivity contribution is 5.91. The predicted octanol–water partition coefficient (Wildman–Crippen LogP) is 0.0704. The van der Waals surface area contributed by atoms with E-state index in [4.69, 9.17) is 13.9 Å². The van der Waals surface area contributed by atoms with Gasteiger partial charge >= 0.3 is 0 Å². The number of amides is 2. The minimum absolute atomic E-state index is 0.0842. The van der Waals surface area contributed by atoms with Gasteiger partial charge in [0, 0.05) is 5.92 Å². The van der Waals surface area contributed by atoms with Crippen molar-refractivity contribution in [3.8, 4) is 0 Å². The third-order valence-corrected chi connectivity index (χ3v) is 4.39. The first kappa shape index (κ1) is 13.8. The molecule has 1 aliphatic carbocycles. The number of hydrogen-bond acceptors (Lipinski definition) is 5. The van der Waals surface area contributed by atoms with Crippen LogP contribution in [0.1, 0.15) is 23.4 Å². The van der Waals surface area contributed by atoms with Crippen LogP contribution in [0.15, 0.2) is 22.8 Å². The van der Waals surface area contributed by atoms with Gasteiger partial charge in [0.25, 0.3) is 5.91 Å². The summed E-state index contributed by atoms with van der Waals surface area (Å²) in [7, 11) is 0. The number of carbonyl (C=O) groups excluding carboxylic acids is 2. The SMILES string of the molecule is O=C(NC1COC2C(NC(=O)C3CC3)COC12)c1ccco1. The van der Waals surface area contributed by atoms with Crippen LogP contribution in [0.4, 0.5) is 0 Å². The molecule has 7 nitrogen and oxygen atoms in total. The number of rotatable bonds is 4. The van der Waals surface area contributed by atoms with Gasteiger partial charge in [-0.2, -0.15) is 0 Å². The Labute approximate surface area is 127 Å². The molecule has 4 unspecified atom stereocenters. The van der Waals surface area contributed by atoms with Crippen molar-refractivity contribution in [1.29, 1.82) is 0 Å². The van der Waals surface area contributed by atoms with Crippen molar-refractivity contribution in [3.63, 3.8) is 0 Å². The molecule has 2 N–H and O–H groups in total. The second-order valence-electron chi connectivity index (χ2n) is 6.04. The number of carbonyl (C=O) groups is 2. The van der Waals surface area contributed by atoms with E-state index in [2.05, 4.69) is 10.6 Å². The number of nitrogens with one attached hydrogen (secondary N) is 2. The van der Waals surface area contributed by atoms with Gasteiger partial charge in [0.05, 0.1) is 31.6 Å². The zero-order valence-corrected chi connectivity index (χ0v) is 12.0. The fourth-order valence-electron chi connectivity index (χ4n) is 3.04. The summed E-state index contributed by atoms with van der Waals surface area (Å²) in [4.78, 5) is 23.9. The first-order chi connectivity index (χ1) is 10.7. The molecule has 1 saturated carbocycles. The van der Waals surface area contributed by atoms with Crippen molar-refractivity contribution in [2.24, 2.45) is 5.92 Å². The van der Waals surface area contributed by atoms with E-state index in [9.17, 15) is 9.59 Å². The number of hydrogen-bond donors (Lipinski definition) is 2. The third kappa shape index (κ3) is 2.50. The van der Waals surface area contributed by atoms with Crippen molar-refractivity contribution in [2.45, 2.75) is 37.1 Å². The normalized spacial score (nSPS) is 33.5. The summed E-state index contributed by atoms with van der Waals surface area (Å²) in [6.07, 6.45) is 2.96. The summed E-state index contributed by atoms with van der Waals surface area (Å²) in [6, 6.07) is 2.91. The average molecular weight is 306 g/mol. The van der Waals surface area contributed by atoms with Gasteiger partial charge in [-0.05, 0) is 25.0 Å². The Balaban J connectivity index is 1.35. The largest absolute Gasteiger partial charge is 0.459 e. The fraction of sp³-hybridized carbons (Fsp3) is 0.600. The van der Waals surface area contributed by atoms with Crippen molar-refractivity contribution < 1.29 is 23.5 Å². The molecular weight excluding hydrogens is 288 g/mol. The molecule has 2 aliphatic heterocycles. The first-order valence-electron chi connectivity index (χ1n) is 7.60. The lowest BCUT2D eigenvalue weighted by Crippen LogP contribution is -2.47. The van der Waals surface area contributed by atoms with Crippen LogP contribution in [0.5, 0.6) is 0 Å². The zero-order chi connectivity index (χ0) is 15.1. The second-order valence-corrected chi connectivity index (χ2v) is 6.04. The summed E-state index contributed by atoms with van der Waals surface area (Å²) in [5.74, 6) is 0.226. The molecule has 1 aromatic rings. The molecule has 22 heavy (non-hydrogen) atoms. The molecule has 3 aliphatic rings. The van der Waals surface area contributed by atoms with E-state index in [0.717, 1.165) is 12.8 Å². The highest BCUT2D eigenvalue weighted by Crippen LogP contribution is 2.31. The summed E-state index contributed by atoms with van der Waals surface area (Å²) in [5.41, 5.74) is 0. The topological polar surface area (TPSA) is 89.8 Å². The number of fused-ring (bicyclic) bond motifs is 1. The molecule has 0 radical (unpaired) electrons. The van der Waals surface area contributed by atoms with E-state index < -0.39 is 0 Å². The lowest BCUT2D eigenvalue weighted by molar-refractivity contribution is -0.123. The quantitative estimate of drug-likeness (QED) is 0.821. The van der Waals surface area contributed by atoms with E-state index in [0.29, 0.717) is 13.2 Å². The van der Waals surface area contributed by atoms with Crippen molar-refractivity contribution in [2.75, 3.05) is 13.2 Å². The third-order valence-electron chi connectivity index (χ3n) is 4.39. The molecule has 4 atom stereocenters. The first-order valence-corrected chi connectivity index (χ1v) is 7.60. The van der Waals surface area contributed by atoms with Gasteiger partial charge < -0.3 is 24.5 Å². The Hall–Kier alpha value is -1.86. The summed E-state index contributed by atoms with van der Waals surface area (Å²) >= 11 is 0. The van der Waals surface area contributed by atoms with Gasteiger partial charge in [-0.1, -0.05) is 0 Å². The maximum atomic E-state index is 12.0. The Bertz CT molecular complexity index is 568. The van der Waals surface area contributed by atoms with E-state index in [-0.39, 0.29) is 47.8 Å².